The van der Waals surface area contributed by atoms with Gasteiger partial charge in [-0.3, -0.25) is 0 Å². The molecule has 4 nitrogen and oxygen atoms in total. The van der Waals surface area contributed by atoms with E-state index < -0.39 is 18.9 Å². The molecule has 0 radical (unpaired) electrons. The lowest BCUT2D eigenvalue weighted by molar-refractivity contribution is -0.109. The second-order valence-electron chi connectivity index (χ2n) is 2.47. The molecule has 1 unspecified atom stereocenters. The fourth-order valence-corrected chi connectivity index (χ4v) is 0.358. The van der Waals surface area contributed by atoms with Gasteiger partial charge in [0.05, 0.1) is 6.04 Å². The molecule has 7 heteroatoms. The molecule has 1 atom stereocenters. The van der Waals surface area contributed by atoms with Gasteiger partial charge in [-0.25, -0.2) is 8.78 Å². The molecule has 0 bridgehead atoms. The molecule has 0 saturated heterocycles. The van der Waals surface area contributed by atoms with Gasteiger partial charge < -0.3 is 20.0 Å². The van der Waals surface area contributed by atoms with Crippen molar-refractivity contribution in [1.29, 1.82) is 0 Å². The monoisotopic (exact) mass is 249 g/mol. The second-order valence-corrected chi connectivity index (χ2v) is 2.47. The number of aldehydes is 1. The average molecular weight is 250 g/mol. The van der Waals surface area contributed by atoms with Gasteiger partial charge in [0.1, 0.15) is 6.29 Å². The van der Waals surface area contributed by atoms with E-state index in [-0.39, 0.29) is 18.7 Å². The first-order chi connectivity index (χ1) is 6.47. The topological polar surface area (TPSA) is 61.6 Å². The number of methoxy groups -OCH3 is 2. The predicted octanol–water partition coefficient (Wildman–Crippen LogP) is 1.21. The zero-order valence-corrected chi connectivity index (χ0v) is 9.80. The van der Waals surface area contributed by atoms with Gasteiger partial charge in [-0.15, -0.1) is 12.4 Å². The van der Waals surface area contributed by atoms with Gasteiger partial charge >= 0.3 is 0 Å². The zero-order chi connectivity index (χ0) is 11.6. The van der Waals surface area contributed by atoms with Crippen molar-refractivity contribution in [3.8, 4) is 0 Å². The molecule has 0 aromatic carbocycles. The minimum absolute atomic E-state index is 0. The van der Waals surface area contributed by atoms with Crippen LogP contribution in [-0.2, 0) is 14.3 Å². The molecule has 2 N–H and O–H groups in total. The minimum Gasteiger partial charge on any atom is -0.356 e. The van der Waals surface area contributed by atoms with E-state index in [1.807, 2.05) is 6.92 Å². The lowest BCUT2D eigenvalue weighted by Gasteiger charge is -2.03. The van der Waals surface area contributed by atoms with Gasteiger partial charge in [0.2, 0.25) is 6.43 Å². The minimum atomic E-state index is -2.48. The molecule has 0 aromatic rings. The van der Waals surface area contributed by atoms with E-state index >= 15 is 0 Å². The number of hydrogen-bond acceptors (Lipinski definition) is 4. The number of hydrogen-bond donors (Lipinski definition) is 1. The van der Waals surface area contributed by atoms with Crippen molar-refractivity contribution in [2.24, 2.45) is 5.73 Å². The number of alkyl halides is 2. The number of carbonyl (C=O) groups excluding carboxylic acids is 1. The summed E-state index contributed by atoms with van der Waals surface area (Å²) in [6.45, 7) is 1.83. The predicted molar refractivity (Wildman–Crippen MR) is 55.4 cm³/mol. The van der Waals surface area contributed by atoms with Crippen molar-refractivity contribution in [2.75, 3.05) is 14.2 Å². The van der Waals surface area contributed by atoms with Crippen LogP contribution in [0.5, 0.6) is 0 Å². The molecule has 0 heterocycles. The Morgan fingerprint density at radius 2 is 1.73 bits per heavy atom. The molecule has 15 heavy (non-hydrogen) atoms. The first kappa shape index (κ1) is 20.2. The standard InChI is InChI=1S/C4H7F2NO.C4H10O2.ClH/c5-4(6)1-3(7)2-8;1-4(5-2)6-3;/h2-4H,1,7H2;4H,1-3H3;1H. The fourth-order valence-electron chi connectivity index (χ4n) is 0.358. The maximum absolute atomic E-state index is 11.2. The maximum Gasteiger partial charge on any atom is 0.240 e. The molecule has 0 aliphatic rings. The van der Waals surface area contributed by atoms with Gasteiger partial charge in [-0.05, 0) is 6.92 Å². The maximum atomic E-state index is 11.2. The molecular weight excluding hydrogens is 232 g/mol. The van der Waals surface area contributed by atoms with E-state index in [1.54, 1.807) is 14.2 Å². The molecule has 0 saturated carbocycles. The van der Waals surface area contributed by atoms with Crippen molar-refractivity contribution in [2.45, 2.75) is 32.1 Å². The number of nitrogens with two attached hydrogens (primary N) is 1. The van der Waals surface area contributed by atoms with Crippen LogP contribution in [0.3, 0.4) is 0 Å². The Labute approximate surface area is 94.5 Å². The fraction of sp³-hybridized carbons (Fsp3) is 0.875. The van der Waals surface area contributed by atoms with Crippen molar-refractivity contribution in [3.63, 3.8) is 0 Å². The Balaban J connectivity index is -0.000000187. The van der Waals surface area contributed by atoms with E-state index in [2.05, 4.69) is 9.47 Å². The first-order valence-corrected chi connectivity index (χ1v) is 4.02. The van der Waals surface area contributed by atoms with Crippen LogP contribution < -0.4 is 5.73 Å². The van der Waals surface area contributed by atoms with Crippen molar-refractivity contribution >= 4 is 18.7 Å². The van der Waals surface area contributed by atoms with E-state index in [1.165, 1.54) is 0 Å². The molecule has 0 aliphatic carbocycles. The molecule has 0 aliphatic heterocycles. The molecule has 0 amide bonds. The summed E-state index contributed by atoms with van der Waals surface area (Å²) in [6.07, 6.45) is -2.77. The first-order valence-electron chi connectivity index (χ1n) is 4.02. The normalized spacial score (nSPS) is 11.5. The van der Waals surface area contributed by atoms with Crippen molar-refractivity contribution in [1.82, 2.24) is 0 Å². The summed E-state index contributed by atoms with van der Waals surface area (Å²) < 4.78 is 31.8. The Hall–Kier alpha value is -0.300. The van der Waals surface area contributed by atoms with Crippen LogP contribution >= 0.6 is 12.4 Å². The molecule has 0 spiro atoms. The lowest BCUT2D eigenvalue weighted by Crippen LogP contribution is -2.23. The highest BCUT2D eigenvalue weighted by Gasteiger charge is 2.07. The number of halogens is 3. The summed E-state index contributed by atoms with van der Waals surface area (Å²) >= 11 is 0. The van der Waals surface area contributed by atoms with Crippen molar-refractivity contribution in [3.05, 3.63) is 0 Å². The van der Waals surface area contributed by atoms with Crippen LogP contribution in [-0.4, -0.2) is 39.3 Å². The van der Waals surface area contributed by atoms with Crippen LogP contribution in [0, 0.1) is 0 Å². The van der Waals surface area contributed by atoms with E-state index in [0.717, 1.165) is 0 Å². The molecule has 94 valence electrons. The van der Waals surface area contributed by atoms with Crippen LogP contribution in [0.15, 0.2) is 0 Å². The third-order valence-electron chi connectivity index (χ3n) is 1.29. The summed E-state index contributed by atoms with van der Waals surface area (Å²) in [5.41, 5.74) is 4.83. The third-order valence-corrected chi connectivity index (χ3v) is 1.29. The molecule has 0 aromatic heterocycles. The highest BCUT2D eigenvalue weighted by molar-refractivity contribution is 5.85. The number of rotatable bonds is 5. The van der Waals surface area contributed by atoms with Gasteiger partial charge in [0.15, 0.2) is 6.29 Å². The summed E-state index contributed by atoms with van der Waals surface area (Å²) in [6, 6.07) is -1.00. The Morgan fingerprint density at radius 3 is 1.80 bits per heavy atom. The number of ether oxygens (including phenoxy) is 2. The van der Waals surface area contributed by atoms with E-state index in [9.17, 15) is 13.6 Å². The Kier molecular flexibility index (Phi) is 18.4. The van der Waals surface area contributed by atoms with Gasteiger partial charge in [-0.2, -0.15) is 0 Å². The van der Waals surface area contributed by atoms with Gasteiger partial charge in [0.25, 0.3) is 0 Å². The van der Waals surface area contributed by atoms with Crippen LogP contribution in [0.4, 0.5) is 8.78 Å². The average Bonchev–Trinajstić information content (AvgIpc) is 2.16. The van der Waals surface area contributed by atoms with E-state index in [0.29, 0.717) is 6.29 Å². The molecule has 0 fully saturated rings. The summed E-state index contributed by atoms with van der Waals surface area (Å²) in [5, 5.41) is 0. The lowest BCUT2D eigenvalue weighted by atomic mass is 10.2. The largest absolute Gasteiger partial charge is 0.356 e. The third kappa shape index (κ3) is 19.9. The second kappa shape index (κ2) is 13.7. The Morgan fingerprint density at radius 1 is 1.33 bits per heavy atom. The zero-order valence-electron chi connectivity index (χ0n) is 8.98. The highest BCUT2D eigenvalue weighted by Crippen LogP contribution is 1.99. The molecule has 0 rings (SSSR count). The van der Waals surface area contributed by atoms with Crippen LogP contribution in [0.2, 0.25) is 0 Å². The van der Waals surface area contributed by atoms with Crippen LogP contribution in [0.25, 0.3) is 0 Å². The Bertz CT molecular complexity index is 137. The summed E-state index contributed by atoms with van der Waals surface area (Å²) in [4.78, 5) is 9.58. The number of carbonyl (C=O) groups is 1. The van der Waals surface area contributed by atoms with Crippen molar-refractivity contribution < 1.29 is 23.0 Å². The summed E-state index contributed by atoms with van der Waals surface area (Å²) in [7, 11) is 3.21. The SMILES string of the molecule is COC(C)OC.Cl.NC(C=O)CC(F)F. The summed E-state index contributed by atoms with van der Waals surface area (Å²) in [5.74, 6) is 0. The van der Waals surface area contributed by atoms with E-state index in [4.69, 9.17) is 5.73 Å². The van der Waals surface area contributed by atoms with Gasteiger partial charge in [0, 0.05) is 20.6 Å². The quantitative estimate of drug-likeness (QED) is 0.588. The smallest absolute Gasteiger partial charge is 0.240 e. The highest BCUT2D eigenvalue weighted by atomic mass is 35.5. The molecular formula is C8H18ClF2NO3. The van der Waals surface area contributed by atoms with Crippen LogP contribution in [0.1, 0.15) is 13.3 Å². The van der Waals surface area contributed by atoms with Gasteiger partial charge in [-0.1, -0.05) is 0 Å².